The smallest absolute Gasteiger partial charge is 0.490 e. The summed E-state index contributed by atoms with van der Waals surface area (Å²) in [5.41, 5.74) is 5.26. The van der Waals surface area contributed by atoms with Crippen LogP contribution in [-0.2, 0) is 20.8 Å². The Hall–Kier alpha value is -5.32. The summed E-state index contributed by atoms with van der Waals surface area (Å²) in [5, 5.41) is 29.7. The number of rotatable bonds is 7. The summed E-state index contributed by atoms with van der Waals surface area (Å²) in [6.07, 6.45) is -12.5. The largest absolute Gasteiger partial charge is 0.497 e. The van der Waals surface area contributed by atoms with Crippen LogP contribution in [0.3, 0.4) is 0 Å². The van der Waals surface area contributed by atoms with Crippen LogP contribution in [-0.4, -0.2) is 113 Å². The molecule has 0 amide bonds. The number of aryl methyl sites for hydroxylation is 1. The van der Waals surface area contributed by atoms with E-state index in [1.54, 1.807) is 18.4 Å². The number of benzene rings is 2. The summed E-state index contributed by atoms with van der Waals surface area (Å²) >= 11 is 1.72. The zero-order valence-electron chi connectivity index (χ0n) is 28.3. The second kappa shape index (κ2) is 18.6. The minimum absolute atomic E-state index is 0.191. The van der Waals surface area contributed by atoms with Gasteiger partial charge in [0.05, 0.1) is 24.6 Å². The quantitative estimate of drug-likeness (QED) is 0.148. The number of alkyl halides is 9. The van der Waals surface area contributed by atoms with Crippen LogP contribution in [0.2, 0.25) is 0 Å². The molecule has 0 aliphatic carbocycles. The summed E-state index contributed by atoms with van der Waals surface area (Å²) in [6, 6.07) is 10.3. The highest BCUT2D eigenvalue weighted by Gasteiger charge is 2.39. The zero-order chi connectivity index (χ0) is 41.2. The number of nitrogens with one attached hydrogen (secondary N) is 1. The van der Waals surface area contributed by atoms with Gasteiger partial charge in [-0.15, -0.1) is 11.3 Å². The number of carboxylic acids is 3. The van der Waals surface area contributed by atoms with Gasteiger partial charge in [-0.3, -0.25) is 5.10 Å². The Kier molecular flexibility index (Phi) is 15.5. The van der Waals surface area contributed by atoms with Gasteiger partial charge in [0.15, 0.2) is 0 Å². The number of methoxy groups -OCH3 is 1. The van der Waals surface area contributed by atoms with E-state index in [9.17, 15) is 39.5 Å². The van der Waals surface area contributed by atoms with Crippen LogP contribution in [0.25, 0.3) is 21.3 Å². The van der Waals surface area contributed by atoms with Gasteiger partial charge in [0.25, 0.3) is 0 Å². The fourth-order valence-electron chi connectivity index (χ4n) is 4.09. The molecule has 0 radical (unpaired) electrons. The van der Waals surface area contributed by atoms with Crippen molar-refractivity contribution in [3.63, 3.8) is 0 Å². The fraction of sp³-hybridized carbons (Fsp3) is 0.387. The SMILES string of the molecule is COc1ccc2c(c1)CC(c1nc3c(OCCN(C)C)cc(-c4cn[nH]c4C)cc3s1)CO2.O=C(O)C(F)(F)F.O=C(O)C(F)(F)F.O=C(O)C(F)(F)F. The second-order valence-corrected chi connectivity index (χ2v) is 12.1. The maximum atomic E-state index is 10.6. The number of nitrogens with zero attached hydrogens (tertiary/aromatic N) is 3. The Morgan fingerprint density at radius 3 is 1.96 bits per heavy atom. The van der Waals surface area contributed by atoms with Crippen LogP contribution in [0.5, 0.6) is 17.2 Å². The molecule has 4 aromatic rings. The molecule has 0 fully saturated rings. The van der Waals surface area contributed by atoms with Crippen LogP contribution < -0.4 is 14.2 Å². The maximum absolute atomic E-state index is 10.6. The average Bonchev–Trinajstić information content (AvgIpc) is 3.70. The highest BCUT2D eigenvalue weighted by Crippen LogP contribution is 2.41. The molecule has 23 heteroatoms. The van der Waals surface area contributed by atoms with Crippen molar-refractivity contribution in [2.75, 3.05) is 41.0 Å². The Morgan fingerprint density at radius 2 is 1.50 bits per heavy atom. The number of halogens is 9. The molecule has 2 aromatic heterocycles. The lowest BCUT2D eigenvalue weighted by Gasteiger charge is -2.24. The predicted octanol–water partition coefficient (Wildman–Crippen LogP) is 6.56. The second-order valence-electron chi connectivity index (χ2n) is 11.0. The summed E-state index contributed by atoms with van der Waals surface area (Å²) < 4.78 is 114. The summed E-state index contributed by atoms with van der Waals surface area (Å²) in [7, 11) is 5.77. The molecule has 1 aliphatic rings. The van der Waals surface area contributed by atoms with E-state index < -0.39 is 36.4 Å². The van der Waals surface area contributed by atoms with Crippen molar-refractivity contribution in [2.24, 2.45) is 0 Å². The fourth-order valence-corrected chi connectivity index (χ4v) is 5.20. The molecule has 0 saturated heterocycles. The van der Waals surface area contributed by atoms with E-state index in [-0.39, 0.29) is 5.92 Å². The lowest BCUT2D eigenvalue weighted by molar-refractivity contribution is -0.193. The molecule has 298 valence electrons. The predicted molar refractivity (Wildman–Crippen MR) is 172 cm³/mol. The normalized spacial score (nSPS) is 13.9. The third kappa shape index (κ3) is 13.6. The van der Waals surface area contributed by atoms with Crippen LogP contribution in [0.4, 0.5) is 39.5 Å². The minimum atomic E-state index is -5.08. The number of hydrogen-bond donors (Lipinski definition) is 4. The number of thiazole rings is 1. The number of aliphatic carboxylic acids is 3. The Morgan fingerprint density at radius 1 is 0.944 bits per heavy atom. The number of ether oxygens (including phenoxy) is 3. The van der Waals surface area contributed by atoms with Gasteiger partial charge in [0.1, 0.15) is 34.4 Å². The molecule has 1 aliphatic heterocycles. The maximum Gasteiger partial charge on any atom is 0.490 e. The molecule has 5 rings (SSSR count). The van der Waals surface area contributed by atoms with Gasteiger partial charge >= 0.3 is 36.4 Å². The third-order valence-electron chi connectivity index (χ3n) is 6.66. The van der Waals surface area contributed by atoms with E-state index >= 15 is 0 Å². The lowest BCUT2D eigenvalue weighted by atomic mass is 9.97. The molecular formula is C31H31F9N4O9S. The molecule has 2 aromatic carbocycles. The molecule has 4 N–H and O–H groups in total. The van der Waals surface area contributed by atoms with Crippen molar-refractivity contribution >= 4 is 39.5 Å². The minimum Gasteiger partial charge on any atom is -0.497 e. The lowest BCUT2D eigenvalue weighted by Crippen LogP contribution is -2.21. The van der Waals surface area contributed by atoms with Crippen LogP contribution in [0, 0.1) is 6.92 Å². The molecule has 0 spiro atoms. The number of hydrogen-bond acceptors (Lipinski definition) is 10. The number of aromatic nitrogens is 3. The molecule has 1 unspecified atom stereocenters. The highest BCUT2D eigenvalue weighted by atomic mass is 32.1. The first kappa shape index (κ1) is 44.8. The van der Waals surface area contributed by atoms with E-state index in [2.05, 4.69) is 33.3 Å². The highest BCUT2D eigenvalue weighted by molar-refractivity contribution is 7.18. The van der Waals surface area contributed by atoms with E-state index in [0.29, 0.717) is 13.2 Å². The Labute approximate surface area is 302 Å². The van der Waals surface area contributed by atoms with Gasteiger partial charge in [-0.05, 0) is 68.9 Å². The van der Waals surface area contributed by atoms with Crippen molar-refractivity contribution in [3.8, 4) is 28.4 Å². The zero-order valence-corrected chi connectivity index (χ0v) is 29.1. The van der Waals surface area contributed by atoms with Crippen LogP contribution >= 0.6 is 11.3 Å². The molecule has 3 heterocycles. The summed E-state index contributed by atoms with van der Waals surface area (Å²) in [6.45, 7) is 4.08. The first-order valence-corrected chi connectivity index (χ1v) is 15.6. The van der Waals surface area contributed by atoms with Crippen molar-refractivity contribution in [1.82, 2.24) is 20.1 Å². The van der Waals surface area contributed by atoms with E-state index in [1.165, 1.54) is 0 Å². The van der Waals surface area contributed by atoms with Crippen molar-refractivity contribution in [2.45, 2.75) is 37.8 Å². The van der Waals surface area contributed by atoms with Gasteiger partial charge in [-0.2, -0.15) is 44.6 Å². The Balaban J connectivity index is 0.000000393. The van der Waals surface area contributed by atoms with E-state index in [0.717, 1.165) is 67.8 Å². The topological polar surface area (TPSA) is 184 Å². The third-order valence-corrected chi connectivity index (χ3v) is 7.83. The summed E-state index contributed by atoms with van der Waals surface area (Å²) in [4.78, 5) is 33.8. The van der Waals surface area contributed by atoms with Crippen molar-refractivity contribution < 1.29 is 83.4 Å². The van der Waals surface area contributed by atoms with Crippen LogP contribution in [0.15, 0.2) is 36.5 Å². The van der Waals surface area contributed by atoms with Gasteiger partial charge in [0.2, 0.25) is 0 Å². The number of carbonyl (C=O) groups is 3. The number of H-pyrrole nitrogens is 1. The number of likely N-dealkylation sites (N-methyl/N-ethyl adjacent to an activating group) is 1. The standard InChI is InChI=1S/C25H28N4O3S.3C2HF3O2/c1-15-20(13-26-28-15)16-11-22(31-8-7-29(2)3)24-23(12-16)33-25(27-24)18-9-17-10-19(30-4)5-6-21(17)32-14-18;3*3-2(4,5)1(6)7/h5-6,10-13,18H,7-9,14H2,1-4H3,(H,26,28);3*(H,6,7). The number of carboxylic acid groups (broad SMARTS) is 3. The molecule has 1 atom stereocenters. The molecular weight excluding hydrogens is 775 g/mol. The first-order chi connectivity index (χ1) is 24.8. The molecule has 13 nitrogen and oxygen atoms in total. The summed E-state index contributed by atoms with van der Waals surface area (Å²) in [5.74, 6) is -5.49. The van der Waals surface area contributed by atoms with Gasteiger partial charge in [-0.25, -0.2) is 19.4 Å². The van der Waals surface area contributed by atoms with Gasteiger partial charge in [0, 0.05) is 23.7 Å². The van der Waals surface area contributed by atoms with E-state index in [1.807, 2.05) is 39.3 Å². The number of aromatic amines is 1. The molecule has 0 bridgehead atoms. The number of fused-ring (bicyclic) bond motifs is 2. The molecule has 54 heavy (non-hydrogen) atoms. The Bertz CT molecular complexity index is 1840. The first-order valence-electron chi connectivity index (χ1n) is 14.8. The van der Waals surface area contributed by atoms with E-state index in [4.69, 9.17) is 48.9 Å². The van der Waals surface area contributed by atoms with Crippen LogP contribution in [0.1, 0.15) is 22.2 Å². The van der Waals surface area contributed by atoms with Crippen molar-refractivity contribution in [3.05, 3.63) is 52.8 Å². The average molecular weight is 807 g/mol. The molecule has 0 saturated carbocycles. The van der Waals surface area contributed by atoms with Gasteiger partial charge in [-0.1, -0.05) is 0 Å². The van der Waals surface area contributed by atoms with Crippen molar-refractivity contribution in [1.29, 1.82) is 0 Å². The monoisotopic (exact) mass is 806 g/mol. The van der Waals surface area contributed by atoms with Gasteiger partial charge < -0.3 is 34.4 Å².